The zero-order valence-corrected chi connectivity index (χ0v) is 10.8. The molecule has 1 atom stereocenters. The number of hydrogen-bond donors (Lipinski definition) is 1. The van der Waals surface area contributed by atoms with Crippen LogP contribution in [0.25, 0.3) is 0 Å². The predicted octanol–water partition coefficient (Wildman–Crippen LogP) is 1.91. The Hall–Kier alpha value is -1.43. The number of hydrogen-bond acceptors (Lipinski definition) is 5. The van der Waals surface area contributed by atoms with Gasteiger partial charge in [-0.2, -0.15) is 0 Å². The second kappa shape index (κ2) is 11.6. The van der Waals surface area contributed by atoms with Gasteiger partial charge in [0.1, 0.15) is 12.4 Å². The van der Waals surface area contributed by atoms with Gasteiger partial charge in [0.05, 0.1) is 12.3 Å². The smallest absolute Gasteiger partial charge is 0.305 e. The van der Waals surface area contributed by atoms with Crippen LogP contribution in [0, 0.1) is 5.92 Å². The van der Waals surface area contributed by atoms with Crippen molar-refractivity contribution in [3.8, 4) is 0 Å². The van der Waals surface area contributed by atoms with Crippen LogP contribution in [0.1, 0.15) is 41.5 Å². The first kappa shape index (κ1) is 19.9. The van der Waals surface area contributed by atoms with Crippen LogP contribution in [0.3, 0.4) is 0 Å². The Balaban J connectivity index is -0.00000144. The number of methoxy groups -OCH3 is 1. The van der Waals surface area contributed by atoms with Gasteiger partial charge in [-0.25, -0.2) is 0 Å². The van der Waals surface area contributed by atoms with Crippen LogP contribution in [-0.2, 0) is 23.9 Å². The molecule has 0 radical (unpaired) electrons. The van der Waals surface area contributed by atoms with Crippen LogP contribution in [0.5, 0.6) is 0 Å². The molecule has 0 saturated carbocycles. The van der Waals surface area contributed by atoms with Crippen molar-refractivity contribution in [1.29, 1.82) is 0 Å². The highest BCUT2D eigenvalue weighted by molar-refractivity contribution is 5.83. The van der Waals surface area contributed by atoms with Crippen LogP contribution >= 0.6 is 0 Å². The van der Waals surface area contributed by atoms with Crippen molar-refractivity contribution in [2.75, 3.05) is 20.3 Å². The standard InChI is InChI=1S/C12H20O6.CH4.H2/c1-9(13)10(7-11(14)15)8-18-12(16)5-3-4-6-17-2;;/h10H,3-8H2,1-2H3,(H,14,15);1H4;1H/i;;1+1. The minimum atomic E-state index is -1.08. The van der Waals surface area contributed by atoms with Gasteiger partial charge in [-0.3, -0.25) is 14.4 Å². The molecule has 1 N–H and O–H groups in total. The number of carboxylic acids is 1. The molecular formula is C13H26O6. The van der Waals surface area contributed by atoms with Crippen molar-refractivity contribution in [3.05, 3.63) is 0 Å². The average Bonchev–Trinajstić information content (AvgIpc) is 2.29. The van der Waals surface area contributed by atoms with Gasteiger partial charge in [0.25, 0.3) is 0 Å². The zero-order valence-electron chi connectivity index (χ0n) is 10.8. The summed E-state index contributed by atoms with van der Waals surface area (Å²) in [5, 5.41) is 8.59. The average molecular weight is 279 g/mol. The summed E-state index contributed by atoms with van der Waals surface area (Å²) in [6, 6.07) is 0. The zero-order chi connectivity index (χ0) is 14.0. The molecule has 6 heteroatoms. The number of rotatable bonds is 10. The van der Waals surface area contributed by atoms with Crippen molar-refractivity contribution in [1.82, 2.24) is 0 Å². The van der Waals surface area contributed by atoms with Gasteiger partial charge in [0.15, 0.2) is 0 Å². The molecule has 0 fully saturated rings. The molecule has 1 unspecified atom stereocenters. The lowest BCUT2D eigenvalue weighted by molar-refractivity contribution is -0.149. The van der Waals surface area contributed by atoms with Crippen LogP contribution < -0.4 is 0 Å². The third kappa shape index (κ3) is 11.4. The topological polar surface area (TPSA) is 89.9 Å². The van der Waals surface area contributed by atoms with E-state index in [9.17, 15) is 14.4 Å². The largest absolute Gasteiger partial charge is 0.481 e. The molecule has 0 aromatic heterocycles. The van der Waals surface area contributed by atoms with E-state index >= 15 is 0 Å². The van der Waals surface area contributed by atoms with E-state index in [1.165, 1.54) is 6.92 Å². The van der Waals surface area contributed by atoms with Crippen LogP contribution in [0.2, 0.25) is 0 Å². The number of ketones is 1. The molecule has 0 amide bonds. The summed E-state index contributed by atoms with van der Waals surface area (Å²) >= 11 is 0. The summed E-state index contributed by atoms with van der Waals surface area (Å²) in [6.07, 6.45) is 1.35. The number of aliphatic carboxylic acids is 1. The summed E-state index contributed by atoms with van der Waals surface area (Å²) in [4.78, 5) is 32.9. The van der Waals surface area contributed by atoms with E-state index in [-0.39, 0.29) is 34.1 Å². The number of Topliss-reactive ketones (excluding diaryl/α,β-unsaturated/α-hetero) is 1. The van der Waals surface area contributed by atoms with Crippen molar-refractivity contribution in [2.24, 2.45) is 5.92 Å². The van der Waals surface area contributed by atoms with Gasteiger partial charge in [-0.15, -0.1) is 0 Å². The number of ether oxygens (including phenoxy) is 2. The molecule has 0 aliphatic rings. The van der Waals surface area contributed by atoms with Gasteiger partial charge < -0.3 is 14.6 Å². The molecule has 0 aromatic rings. The SMILES string of the molecule is C.COCCCCC(=O)OCC(CC(=O)O)C(C)=O.[2HH]. The molecule has 0 aromatic carbocycles. The first-order chi connectivity index (χ1) is 8.47. The maximum Gasteiger partial charge on any atom is 0.305 e. The minimum absolute atomic E-state index is 0. The molecule has 0 heterocycles. The first-order valence-corrected chi connectivity index (χ1v) is 5.84. The molecule has 114 valence electrons. The van der Waals surface area contributed by atoms with E-state index in [1.54, 1.807) is 7.11 Å². The Morgan fingerprint density at radius 1 is 1.26 bits per heavy atom. The van der Waals surface area contributed by atoms with Crippen molar-refractivity contribution >= 4 is 17.7 Å². The highest BCUT2D eigenvalue weighted by atomic mass is 16.5. The number of carboxylic acid groups (broad SMARTS) is 1. The molecule has 0 spiro atoms. The van der Waals surface area contributed by atoms with E-state index in [0.717, 1.165) is 6.42 Å². The Morgan fingerprint density at radius 2 is 1.89 bits per heavy atom. The fourth-order valence-corrected chi connectivity index (χ4v) is 1.31. The van der Waals surface area contributed by atoms with Crippen LogP contribution in [0.4, 0.5) is 0 Å². The highest BCUT2D eigenvalue weighted by Crippen LogP contribution is 2.07. The summed E-state index contributed by atoms with van der Waals surface area (Å²) in [5.41, 5.74) is 0. The molecule has 0 bridgehead atoms. The number of unbranched alkanes of at least 4 members (excludes halogenated alkanes) is 1. The molecule has 0 saturated heterocycles. The third-order valence-electron chi connectivity index (χ3n) is 2.42. The van der Waals surface area contributed by atoms with Crippen molar-refractivity contribution in [2.45, 2.75) is 40.0 Å². The third-order valence-corrected chi connectivity index (χ3v) is 2.42. The molecule has 0 rings (SSSR count). The van der Waals surface area contributed by atoms with Gasteiger partial charge in [-0.05, 0) is 19.8 Å². The molecule has 0 aliphatic heterocycles. The highest BCUT2D eigenvalue weighted by Gasteiger charge is 2.19. The van der Waals surface area contributed by atoms with E-state index in [2.05, 4.69) is 0 Å². The second-order valence-corrected chi connectivity index (χ2v) is 4.04. The predicted molar refractivity (Wildman–Crippen MR) is 72.0 cm³/mol. The lowest BCUT2D eigenvalue weighted by Crippen LogP contribution is -2.23. The number of carbonyl (C=O) groups is 3. The summed E-state index contributed by atoms with van der Waals surface area (Å²) < 4.78 is 9.72. The molecule has 6 nitrogen and oxygen atoms in total. The summed E-state index contributed by atoms with van der Waals surface area (Å²) in [6.45, 7) is 1.72. The number of esters is 1. The van der Waals surface area contributed by atoms with E-state index in [4.69, 9.17) is 14.6 Å². The van der Waals surface area contributed by atoms with E-state index in [1.807, 2.05) is 0 Å². The second-order valence-electron chi connectivity index (χ2n) is 4.04. The van der Waals surface area contributed by atoms with Crippen LogP contribution in [0.15, 0.2) is 0 Å². The first-order valence-electron chi connectivity index (χ1n) is 5.84. The Kier molecular flexibility index (Phi) is 12.2. The fourth-order valence-electron chi connectivity index (χ4n) is 1.31. The van der Waals surface area contributed by atoms with Gasteiger partial charge in [0.2, 0.25) is 0 Å². The van der Waals surface area contributed by atoms with Crippen molar-refractivity contribution < 1.29 is 30.4 Å². The Morgan fingerprint density at radius 3 is 2.37 bits per heavy atom. The molecular weight excluding hydrogens is 252 g/mol. The lowest BCUT2D eigenvalue weighted by Gasteiger charge is -2.11. The summed E-state index contributed by atoms with van der Waals surface area (Å²) in [7, 11) is 1.58. The van der Waals surface area contributed by atoms with Gasteiger partial charge in [0, 0.05) is 21.6 Å². The van der Waals surface area contributed by atoms with Gasteiger partial charge in [-0.1, -0.05) is 7.43 Å². The fraction of sp³-hybridized carbons (Fsp3) is 0.769. The normalized spacial score (nSPS) is 11.3. The Bertz CT molecular complexity index is 293. The monoisotopic (exact) mass is 279 g/mol. The molecule has 19 heavy (non-hydrogen) atoms. The maximum atomic E-state index is 11.3. The number of carbonyl (C=O) groups excluding carboxylic acids is 2. The van der Waals surface area contributed by atoms with E-state index in [0.29, 0.717) is 13.0 Å². The Labute approximate surface area is 115 Å². The van der Waals surface area contributed by atoms with Crippen LogP contribution in [-0.4, -0.2) is 43.2 Å². The van der Waals surface area contributed by atoms with Gasteiger partial charge >= 0.3 is 11.9 Å². The minimum Gasteiger partial charge on any atom is -0.481 e. The van der Waals surface area contributed by atoms with E-state index < -0.39 is 17.9 Å². The lowest BCUT2D eigenvalue weighted by atomic mass is 10.0. The summed E-state index contributed by atoms with van der Waals surface area (Å²) in [5.74, 6) is -2.54. The van der Waals surface area contributed by atoms with Crippen molar-refractivity contribution in [3.63, 3.8) is 0 Å². The molecule has 0 aliphatic carbocycles. The maximum absolute atomic E-state index is 11.3. The quantitative estimate of drug-likeness (QED) is 0.485.